The van der Waals surface area contributed by atoms with Crippen LogP contribution in [0, 0.1) is 17.0 Å². The molecule has 0 spiro atoms. The van der Waals surface area contributed by atoms with Crippen LogP contribution in [-0.2, 0) is 11.3 Å². The highest BCUT2D eigenvalue weighted by Gasteiger charge is 2.35. The molecule has 9 heteroatoms. The van der Waals surface area contributed by atoms with Gasteiger partial charge in [-0.2, -0.15) is 0 Å². The summed E-state index contributed by atoms with van der Waals surface area (Å²) >= 11 is 0.843. The van der Waals surface area contributed by atoms with Crippen LogP contribution in [0.1, 0.15) is 16.9 Å². The third kappa shape index (κ3) is 4.28. The highest BCUT2D eigenvalue weighted by molar-refractivity contribution is 8.18. The monoisotopic (exact) mass is 450 g/mol. The molecule has 1 saturated heterocycles. The van der Waals surface area contributed by atoms with Crippen molar-refractivity contribution in [3.63, 3.8) is 0 Å². The number of carbonyl (C=O) groups is 2. The largest absolute Gasteiger partial charge is 0.496 e. The standard InChI is InChI=1S/C23H18N2O6S/c1-14-3-5-15(6-4-14)13-24-22(26)21(32-23(24)27)12-17-8-10-20(31-17)18-11-16(25(28)29)7-9-19(18)30-2/h3-12H,13H2,1-2H3/b21-12-. The van der Waals surface area contributed by atoms with Crippen molar-refractivity contribution in [1.29, 1.82) is 0 Å². The Morgan fingerprint density at radius 1 is 1.12 bits per heavy atom. The summed E-state index contributed by atoms with van der Waals surface area (Å²) in [6, 6.07) is 15.1. The molecule has 162 valence electrons. The Morgan fingerprint density at radius 3 is 2.56 bits per heavy atom. The summed E-state index contributed by atoms with van der Waals surface area (Å²) in [5.74, 6) is 0.700. The smallest absolute Gasteiger partial charge is 0.293 e. The van der Waals surface area contributed by atoms with Gasteiger partial charge < -0.3 is 9.15 Å². The van der Waals surface area contributed by atoms with Gasteiger partial charge in [-0.25, -0.2) is 0 Å². The Balaban J connectivity index is 1.58. The van der Waals surface area contributed by atoms with Crippen LogP contribution in [0.4, 0.5) is 10.5 Å². The van der Waals surface area contributed by atoms with Crippen LogP contribution in [0.15, 0.2) is 63.9 Å². The molecule has 4 rings (SSSR count). The molecule has 0 radical (unpaired) electrons. The molecule has 2 aromatic carbocycles. The maximum atomic E-state index is 12.8. The molecule has 32 heavy (non-hydrogen) atoms. The van der Waals surface area contributed by atoms with Crippen LogP contribution in [-0.4, -0.2) is 28.1 Å². The molecule has 1 fully saturated rings. The fourth-order valence-electron chi connectivity index (χ4n) is 3.22. The van der Waals surface area contributed by atoms with E-state index in [1.165, 1.54) is 36.3 Å². The number of ether oxygens (including phenoxy) is 1. The predicted molar refractivity (Wildman–Crippen MR) is 120 cm³/mol. The van der Waals surface area contributed by atoms with Gasteiger partial charge in [-0.15, -0.1) is 0 Å². The number of rotatable bonds is 6. The van der Waals surface area contributed by atoms with Crippen molar-refractivity contribution in [3.05, 3.63) is 86.5 Å². The van der Waals surface area contributed by atoms with E-state index in [1.54, 1.807) is 12.1 Å². The molecule has 0 bridgehead atoms. The van der Waals surface area contributed by atoms with Crippen LogP contribution < -0.4 is 4.74 Å². The number of aryl methyl sites for hydroxylation is 1. The predicted octanol–water partition coefficient (Wildman–Crippen LogP) is 5.41. The van der Waals surface area contributed by atoms with E-state index in [9.17, 15) is 19.7 Å². The summed E-state index contributed by atoms with van der Waals surface area (Å²) < 4.78 is 11.1. The van der Waals surface area contributed by atoms with Gasteiger partial charge in [-0.3, -0.25) is 24.6 Å². The number of hydrogen-bond donors (Lipinski definition) is 0. The maximum Gasteiger partial charge on any atom is 0.293 e. The number of amides is 2. The van der Waals surface area contributed by atoms with E-state index >= 15 is 0 Å². The number of furan rings is 1. The quantitative estimate of drug-likeness (QED) is 0.281. The van der Waals surface area contributed by atoms with E-state index in [0.717, 1.165) is 22.9 Å². The molecule has 8 nitrogen and oxygen atoms in total. The summed E-state index contributed by atoms with van der Waals surface area (Å²) in [6.45, 7) is 2.16. The number of nitro groups is 1. The van der Waals surface area contributed by atoms with Gasteiger partial charge in [0, 0.05) is 18.2 Å². The SMILES string of the molecule is COc1ccc([N+](=O)[O-])cc1-c1ccc(/C=C2\SC(=O)N(Cc3ccc(C)cc3)C2=O)o1. The van der Waals surface area contributed by atoms with Crippen molar-refractivity contribution in [2.45, 2.75) is 13.5 Å². The minimum Gasteiger partial charge on any atom is -0.496 e. The van der Waals surface area contributed by atoms with Gasteiger partial charge >= 0.3 is 0 Å². The van der Waals surface area contributed by atoms with Crippen molar-refractivity contribution in [2.24, 2.45) is 0 Å². The Morgan fingerprint density at radius 2 is 1.88 bits per heavy atom. The van der Waals surface area contributed by atoms with E-state index < -0.39 is 10.8 Å². The molecule has 1 aromatic heterocycles. The summed E-state index contributed by atoms with van der Waals surface area (Å²) in [5, 5.41) is 10.8. The molecule has 0 unspecified atom stereocenters. The highest BCUT2D eigenvalue weighted by Crippen LogP contribution is 2.37. The molecule has 3 aromatic rings. The van der Waals surface area contributed by atoms with E-state index in [4.69, 9.17) is 9.15 Å². The normalized spacial score (nSPS) is 14.9. The first kappa shape index (κ1) is 21.4. The number of nitro benzene ring substituents is 1. The number of carbonyl (C=O) groups excluding carboxylic acids is 2. The lowest BCUT2D eigenvalue weighted by molar-refractivity contribution is -0.384. The number of imide groups is 1. The lowest BCUT2D eigenvalue weighted by Gasteiger charge is -2.12. The van der Waals surface area contributed by atoms with Gasteiger partial charge in [-0.05, 0) is 42.4 Å². The van der Waals surface area contributed by atoms with Gasteiger partial charge in [0.15, 0.2) is 0 Å². The number of hydrogen-bond acceptors (Lipinski definition) is 7. The van der Waals surface area contributed by atoms with Gasteiger partial charge in [0.25, 0.3) is 16.8 Å². The summed E-state index contributed by atoms with van der Waals surface area (Å²) in [6.07, 6.45) is 1.49. The van der Waals surface area contributed by atoms with Gasteiger partial charge in [0.1, 0.15) is 17.3 Å². The first-order chi connectivity index (χ1) is 15.4. The first-order valence-corrected chi connectivity index (χ1v) is 10.4. The van der Waals surface area contributed by atoms with E-state index in [2.05, 4.69) is 0 Å². The Kier molecular flexibility index (Phi) is 5.83. The van der Waals surface area contributed by atoms with E-state index in [1.807, 2.05) is 31.2 Å². The summed E-state index contributed by atoms with van der Waals surface area (Å²) in [7, 11) is 1.46. The van der Waals surface area contributed by atoms with Crippen LogP contribution >= 0.6 is 11.8 Å². The second-order valence-corrected chi connectivity index (χ2v) is 8.09. The number of benzene rings is 2. The third-order valence-electron chi connectivity index (χ3n) is 4.89. The van der Waals surface area contributed by atoms with Crippen molar-refractivity contribution < 1.29 is 23.7 Å². The zero-order valence-electron chi connectivity index (χ0n) is 17.2. The fraction of sp³-hybridized carbons (Fsp3) is 0.130. The Labute approximate surface area is 187 Å². The number of thioether (sulfide) groups is 1. The molecule has 0 atom stereocenters. The Hall–Kier alpha value is -3.85. The molecule has 0 N–H and O–H groups in total. The lowest BCUT2D eigenvalue weighted by Crippen LogP contribution is -2.27. The fourth-order valence-corrected chi connectivity index (χ4v) is 4.04. The van der Waals surface area contributed by atoms with Crippen LogP contribution in [0.2, 0.25) is 0 Å². The zero-order valence-corrected chi connectivity index (χ0v) is 18.0. The highest BCUT2D eigenvalue weighted by atomic mass is 32.2. The number of methoxy groups -OCH3 is 1. The Bertz CT molecular complexity index is 1250. The zero-order chi connectivity index (χ0) is 22.8. The molecule has 2 heterocycles. The third-order valence-corrected chi connectivity index (χ3v) is 5.80. The van der Waals surface area contributed by atoms with Crippen molar-refractivity contribution in [1.82, 2.24) is 4.90 Å². The number of nitrogens with zero attached hydrogens (tertiary/aromatic N) is 2. The minimum absolute atomic E-state index is 0.101. The van der Waals surface area contributed by atoms with Crippen LogP contribution in [0.5, 0.6) is 5.75 Å². The average molecular weight is 450 g/mol. The summed E-state index contributed by atoms with van der Waals surface area (Å²) in [4.78, 5) is 37.2. The topological polar surface area (TPSA) is 103 Å². The molecule has 0 saturated carbocycles. The number of non-ortho nitro benzene ring substituents is 1. The van der Waals surface area contributed by atoms with Gasteiger partial charge in [0.2, 0.25) is 0 Å². The van der Waals surface area contributed by atoms with Crippen LogP contribution in [0.3, 0.4) is 0 Å². The van der Waals surface area contributed by atoms with E-state index in [0.29, 0.717) is 22.8 Å². The molecular weight excluding hydrogens is 432 g/mol. The molecule has 1 aliphatic heterocycles. The molecule has 1 aliphatic rings. The van der Waals surface area contributed by atoms with Gasteiger partial charge in [-0.1, -0.05) is 29.8 Å². The lowest BCUT2D eigenvalue weighted by atomic mass is 10.1. The van der Waals surface area contributed by atoms with Crippen molar-refractivity contribution in [2.75, 3.05) is 7.11 Å². The minimum atomic E-state index is -0.503. The summed E-state index contributed by atoms with van der Waals surface area (Å²) in [5.41, 5.74) is 2.26. The second-order valence-electron chi connectivity index (χ2n) is 7.10. The molecule has 2 amide bonds. The molecular formula is C23H18N2O6S. The van der Waals surface area contributed by atoms with E-state index in [-0.39, 0.29) is 22.4 Å². The van der Waals surface area contributed by atoms with Crippen LogP contribution in [0.25, 0.3) is 17.4 Å². The first-order valence-electron chi connectivity index (χ1n) is 9.59. The van der Waals surface area contributed by atoms with Crippen molar-refractivity contribution >= 4 is 34.7 Å². The average Bonchev–Trinajstić information content (AvgIpc) is 3.35. The molecule has 0 aliphatic carbocycles. The van der Waals surface area contributed by atoms with Crippen molar-refractivity contribution in [3.8, 4) is 17.1 Å². The van der Waals surface area contributed by atoms with Gasteiger partial charge in [0.05, 0.1) is 29.0 Å². The second kappa shape index (κ2) is 8.72. The maximum absolute atomic E-state index is 12.8.